The Hall–Kier alpha value is -3.86. The van der Waals surface area contributed by atoms with Crippen molar-refractivity contribution >= 4 is 34.2 Å². The lowest BCUT2D eigenvalue weighted by Gasteiger charge is -2.25. The monoisotopic (exact) mass is 436 g/mol. The van der Waals surface area contributed by atoms with Crippen molar-refractivity contribution in [1.29, 1.82) is 0 Å². The van der Waals surface area contributed by atoms with Gasteiger partial charge in [-0.1, -0.05) is 30.3 Å². The van der Waals surface area contributed by atoms with E-state index in [0.717, 1.165) is 47.7 Å². The highest BCUT2D eigenvalue weighted by Gasteiger charge is 2.29. The maximum atomic E-state index is 5.45. The van der Waals surface area contributed by atoms with Gasteiger partial charge in [-0.3, -0.25) is 0 Å². The van der Waals surface area contributed by atoms with Crippen molar-refractivity contribution in [3.05, 3.63) is 96.5 Å². The van der Waals surface area contributed by atoms with Crippen molar-refractivity contribution in [1.82, 2.24) is 4.98 Å². The summed E-state index contributed by atoms with van der Waals surface area (Å²) in [6.45, 7) is 6.37. The highest BCUT2D eigenvalue weighted by Crippen LogP contribution is 2.36. The fourth-order valence-electron chi connectivity index (χ4n) is 4.35. The molecule has 5 nitrogen and oxygen atoms in total. The van der Waals surface area contributed by atoms with Crippen molar-refractivity contribution in [2.24, 2.45) is 5.10 Å². The first kappa shape index (κ1) is 21.0. The molecule has 0 bridgehead atoms. The second-order valence-corrected chi connectivity index (χ2v) is 8.13. The zero-order valence-electron chi connectivity index (χ0n) is 19.1. The quantitative estimate of drug-likeness (QED) is 0.324. The van der Waals surface area contributed by atoms with Gasteiger partial charge in [0.15, 0.2) is 0 Å². The van der Waals surface area contributed by atoms with Gasteiger partial charge in [-0.05, 0) is 74.0 Å². The van der Waals surface area contributed by atoms with E-state index in [1.54, 1.807) is 6.26 Å². The zero-order chi connectivity index (χ0) is 22.6. The smallest absolute Gasteiger partial charge is 0.150 e. The van der Waals surface area contributed by atoms with Crippen LogP contribution in [0.2, 0.25) is 0 Å². The second kappa shape index (κ2) is 9.33. The van der Waals surface area contributed by atoms with E-state index in [0.29, 0.717) is 0 Å². The molecule has 0 fully saturated rings. The molecule has 0 N–H and O–H groups in total. The minimum Gasteiger partial charge on any atom is -0.465 e. The lowest BCUT2D eigenvalue weighted by atomic mass is 10.0. The van der Waals surface area contributed by atoms with Crippen LogP contribution in [0.4, 0.5) is 11.5 Å². The molecule has 1 atom stereocenters. The van der Waals surface area contributed by atoms with Crippen LogP contribution < -0.4 is 9.91 Å². The minimum absolute atomic E-state index is 0.0840. The molecule has 4 aromatic rings. The van der Waals surface area contributed by atoms with Crippen molar-refractivity contribution < 1.29 is 4.42 Å². The molecule has 0 saturated carbocycles. The van der Waals surface area contributed by atoms with E-state index >= 15 is 0 Å². The van der Waals surface area contributed by atoms with Crippen molar-refractivity contribution in [3.8, 4) is 0 Å². The normalized spacial score (nSPS) is 16.0. The minimum atomic E-state index is 0.0840. The van der Waals surface area contributed by atoms with E-state index in [1.807, 2.05) is 42.5 Å². The number of fused-ring (bicyclic) bond motifs is 1. The average Bonchev–Trinajstić information content (AvgIpc) is 3.54. The topological polar surface area (TPSA) is 44.9 Å². The summed E-state index contributed by atoms with van der Waals surface area (Å²) in [5.41, 5.74) is 4.45. The first-order valence-corrected chi connectivity index (χ1v) is 11.5. The first-order chi connectivity index (χ1) is 16.2. The molecule has 0 aliphatic carbocycles. The van der Waals surface area contributed by atoms with Gasteiger partial charge in [0.2, 0.25) is 0 Å². The van der Waals surface area contributed by atoms with Crippen molar-refractivity contribution in [2.75, 3.05) is 23.0 Å². The Morgan fingerprint density at radius 2 is 1.76 bits per heavy atom. The third-order valence-corrected chi connectivity index (χ3v) is 6.14. The highest BCUT2D eigenvalue weighted by atomic mass is 16.3. The Bertz CT molecular complexity index is 1270. The third-order valence-electron chi connectivity index (χ3n) is 6.14. The van der Waals surface area contributed by atoms with Crippen LogP contribution in [0.25, 0.3) is 17.0 Å². The first-order valence-electron chi connectivity index (χ1n) is 11.5. The molecular weight excluding hydrogens is 408 g/mol. The number of para-hydroxylation sites is 1. The number of hydrogen-bond donors (Lipinski definition) is 0. The highest BCUT2D eigenvalue weighted by molar-refractivity contribution is 6.01. The molecule has 5 rings (SSSR count). The molecule has 2 aromatic carbocycles. The Balaban J connectivity index is 1.49. The molecule has 2 aromatic heterocycles. The third kappa shape index (κ3) is 4.40. The van der Waals surface area contributed by atoms with Crippen LogP contribution in [0.1, 0.15) is 37.6 Å². The van der Waals surface area contributed by atoms with Crippen LogP contribution in [0.3, 0.4) is 0 Å². The van der Waals surface area contributed by atoms with Gasteiger partial charge in [0.05, 0.1) is 23.5 Å². The summed E-state index contributed by atoms with van der Waals surface area (Å²) in [7, 11) is 0. The van der Waals surface area contributed by atoms with E-state index in [2.05, 4.69) is 66.2 Å². The molecule has 1 aliphatic rings. The Kier molecular flexibility index (Phi) is 5.94. The summed E-state index contributed by atoms with van der Waals surface area (Å²) >= 11 is 0. The summed E-state index contributed by atoms with van der Waals surface area (Å²) in [5.74, 6) is 1.67. The molecular formula is C28H28N4O. The van der Waals surface area contributed by atoms with Crippen LogP contribution in [-0.4, -0.2) is 23.8 Å². The van der Waals surface area contributed by atoms with E-state index in [9.17, 15) is 0 Å². The van der Waals surface area contributed by atoms with E-state index < -0.39 is 0 Å². The molecule has 0 saturated heterocycles. The largest absolute Gasteiger partial charge is 0.465 e. The molecule has 166 valence electrons. The fraction of sp³-hybridized carbons (Fsp3) is 0.214. The summed E-state index contributed by atoms with van der Waals surface area (Å²) in [6, 6.07) is 25.2. The van der Waals surface area contributed by atoms with Gasteiger partial charge in [-0.2, -0.15) is 5.10 Å². The molecule has 1 aliphatic heterocycles. The molecule has 0 amide bonds. The van der Waals surface area contributed by atoms with Crippen molar-refractivity contribution in [2.45, 2.75) is 26.3 Å². The van der Waals surface area contributed by atoms with Crippen molar-refractivity contribution in [3.63, 3.8) is 0 Å². The Morgan fingerprint density at radius 1 is 0.939 bits per heavy atom. The van der Waals surface area contributed by atoms with Gasteiger partial charge >= 0.3 is 0 Å². The number of benzene rings is 2. The van der Waals surface area contributed by atoms with E-state index in [1.165, 1.54) is 11.3 Å². The summed E-state index contributed by atoms with van der Waals surface area (Å²) in [6.07, 6.45) is 6.49. The number of pyridine rings is 1. The fourth-order valence-corrected chi connectivity index (χ4v) is 4.35. The SMILES string of the molecule is CCN(CC)c1ccc(C2CC(C=Cc3ccco3)=NN2c2ccc3ccccc3n2)cc1. The van der Waals surface area contributed by atoms with Crippen LogP contribution >= 0.6 is 0 Å². The summed E-state index contributed by atoms with van der Waals surface area (Å²) in [5, 5.41) is 8.14. The van der Waals surface area contributed by atoms with Crippen LogP contribution in [-0.2, 0) is 0 Å². The number of hydrogen-bond acceptors (Lipinski definition) is 5. The number of nitrogens with zero attached hydrogens (tertiary/aromatic N) is 4. The lowest BCUT2D eigenvalue weighted by molar-refractivity contribution is 0.557. The number of furan rings is 1. The predicted octanol–water partition coefficient (Wildman–Crippen LogP) is 6.69. The Morgan fingerprint density at radius 3 is 2.52 bits per heavy atom. The average molecular weight is 437 g/mol. The van der Waals surface area contributed by atoms with Gasteiger partial charge in [0.25, 0.3) is 0 Å². The summed E-state index contributed by atoms with van der Waals surface area (Å²) in [4.78, 5) is 7.27. The van der Waals surface area contributed by atoms with E-state index in [4.69, 9.17) is 14.5 Å². The number of anilines is 2. The van der Waals surface area contributed by atoms with Gasteiger partial charge < -0.3 is 9.32 Å². The van der Waals surface area contributed by atoms with Crippen LogP contribution in [0.5, 0.6) is 0 Å². The molecule has 1 unspecified atom stereocenters. The standard InChI is InChI=1S/C28H28N4O/c1-3-31(4-2)24-15-11-22(12-16-24)27-20-23(14-17-25-9-7-19-33-25)30-32(27)28-18-13-21-8-5-6-10-26(21)29-28/h5-19,27H,3-4,20H2,1-2H3. The second-order valence-electron chi connectivity index (χ2n) is 8.13. The number of aromatic nitrogens is 1. The van der Waals surface area contributed by atoms with Gasteiger partial charge in [-0.15, -0.1) is 0 Å². The Labute approximate surface area is 194 Å². The maximum absolute atomic E-state index is 5.45. The number of hydrazone groups is 1. The molecule has 5 heteroatoms. The van der Waals surface area contributed by atoms with Crippen LogP contribution in [0, 0.1) is 0 Å². The number of rotatable bonds is 7. The molecule has 0 spiro atoms. The van der Waals surface area contributed by atoms with E-state index in [-0.39, 0.29) is 6.04 Å². The maximum Gasteiger partial charge on any atom is 0.150 e. The molecule has 0 radical (unpaired) electrons. The number of allylic oxidation sites excluding steroid dienone is 1. The predicted molar refractivity (Wildman–Crippen MR) is 137 cm³/mol. The lowest BCUT2D eigenvalue weighted by Crippen LogP contribution is -2.22. The molecule has 3 heterocycles. The van der Waals surface area contributed by atoms with Gasteiger partial charge in [0.1, 0.15) is 11.6 Å². The molecule has 33 heavy (non-hydrogen) atoms. The van der Waals surface area contributed by atoms with Gasteiger partial charge in [0, 0.05) is 30.6 Å². The summed E-state index contributed by atoms with van der Waals surface area (Å²) < 4.78 is 5.45. The zero-order valence-corrected chi connectivity index (χ0v) is 19.1. The van der Waals surface area contributed by atoms with Gasteiger partial charge in [-0.25, -0.2) is 9.99 Å². The van der Waals surface area contributed by atoms with Crippen LogP contribution in [0.15, 0.2) is 94.7 Å².